The summed E-state index contributed by atoms with van der Waals surface area (Å²) >= 11 is 0. The maximum absolute atomic E-state index is 5.65. The van der Waals surface area contributed by atoms with Gasteiger partial charge in [0.25, 0.3) is 0 Å². The van der Waals surface area contributed by atoms with E-state index in [1.54, 1.807) is 0 Å². The zero-order valence-electron chi connectivity index (χ0n) is 9.16. The standard InChI is InChI=1S/C12H16O3/c1-3-13-12(14-4-2)11-8-6-5-7-10(11)9-15-12/h5-8H,3-4,9H2,1-2H3. The van der Waals surface area contributed by atoms with Crippen molar-refractivity contribution in [2.24, 2.45) is 0 Å². The maximum atomic E-state index is 5.65. The minimum absolute atomic E-state index is 0.552. The molecule has 0 aromatic heterocycles. The molecule has 3 heteroatoms. The number of fused-ring (bicyclic) bond motifs is 1. The molecule has 0 amide bonds. The summed E-state index contributed by atoms with van der Waals surface area (Å²) < 4.78 is 16.9. The van der Waals surface area contributed by atoms with E-state index in [9.17, 15) is 0 Å². The molecule has 0 unspecified atom stereocenters. The van der Waals surface area contributed by atoms with E-state index < -0.39 is 5.97 Å². The van der Waals surface area contributed by atoms with E-state index in [4.69, 9.17) is 14.2 Å². The van der Waals surface area contributed by atoms with Gasteiger partial charge in [0, 0.05) is 18.8 Å². The van der Waals surface area contributed by atoms with Crippen molar-refractivity contribution < 1.29 is 14.2 Å². The quantitative estimate of drug-likeness (QED) is 0.711. The molecule has 0 aliphatic carbocycles. The van der Waals surface area contributed by atoms with Crippen molar-refractivity contribution in [3.8, 4) is 0 Å². The molecule has 0 saturated heterocycles. The normalized spacial score (nSPS) is 17.7. The van der Waals surface area contributed by atoms with Crippen LogP contribution in [-0.2, 0) is 26.8 Å². The van der Waals surface area contributed by atoms with E-state index in [2.05, 4.69) is 0 Å². The van der Waals surface area contributed by atoms with Crippen LogP contribution in [0.1, 0.15) is 25.0 Å². The molecule has 0 radical (unpaired) electrons. The first-order valence-electron chi connectivity index (χ1n) is 5.32. The second-order valence-corrected chi connectivity index (χ2v) is 3.37. The lowest BCUT2D eigenvalue weighted by Gasteiger charge is -2.28. The minimum atomic E-state index is -0.972. The zero-order valence-corrected chi connectivity index (χ0v) is 9.16. The topological polar surface area (TPSA) is 27.7 Å². The predicted octanol–water partition coefficient (Wildman–Crippen LogP) is 2.40. The number of benzene rings is 1. The third-order valence-electron chi connectivity index (χ3n) is 2.43. The molecule has 1 aliphatic heterocycles. The molecule has 1 aliphatic rings. The van der Waals surface area contributed by atoms with Crippen LogP contribution in [-0.4, -0.2) is 13.2 Å². The fraction of sp³-hybridized carbons (Fsp3) is 0.500. The van der Waals surface area contributed by atoms with Gasteiger partial charge in [0.15, 0.2) is 0 Å². The molecule has 1 aromatic rings. The van der Waals surface area contributed by atoms with Crippen LogP contribution in [0.3, 0.4) is 0 Å². The molecule has 3 nitrogen and oxygen atoms in total. The third-order valence-corrected chi connectivity index (χ3v) is 2.43. The molecule has 0 fully saturated rings. The fourth-order valence-corrected chi connectivity index (χ4v) is 1.86. The van der Waals surface area contributed by atoms with Crippen LogP contribution < -0.4 is 0 Å². The summed E-state index contributed by atoms with van der Waals surface area (Å²) in [5.41, 5.74) is 2.13. The van der Waals surface area contributed by atoms with Crippen molar-refractivity contribution in [1.29, 1.82) is 0 Å². The molecule has 0 spiro atoms. The molecule has 1 heterocycles. The summed E-state index contributed by atoms with van der Waals surface area (Å²) in [5, 5.41) is 0. The van der Waals surface area contributed by atoms with Crippen LogP contribution in [0.4, 0.5) is 0 Å². The number of hydrogen-bond acceptors (Lipinski definition) is 3. The Balaban J connectivity index is 2.35. The monoisotopic (exact) mass is 208 g/mol. The first-order valence-corrected chi connectivity index (χ1v) is 5.32. The van der Waals surface area contributed by atoms with Crippen LogP contribution in [0.15, 0.2) is 24.3 Å². The molecule has 0 saturated carbocycles. The maximum Gasteiger partial charge on any atom is 0.312 e. The molecule has 15 heavy (non-hydrogen) atoms. The predicted molar refractivity (Wildman–Crippen MR) is 56.2 cm³/mol. The number of hydrogen-bond donors (Lipinski definition) is 0. The average Bonchev–Trinajstić information content (AvgIpc) is 2.60. The van der Waals surface area contributed by atoms with Gasteiger partial charge in [-0.3, -0.25) is 0 Å². The molecule has 0 bridgehead atoms. The average molecular weight is 208 g/mol. The SMILES string of the molecule is CCOC1(OCC)OCc2ccccc21. The van der Waals surface area contributed by atoms with E-state index >= 15 is 0 Å². The lowest BCUT2D eigenvalue weighted by atomic mass is 10.1. The molecule has 1 aromatic carbocycles. The zero-order chi connectivity index (χ0) is 10.7. The highest BCUT2D eigenvalue weighted by molar-refractivity contribution is 5.32. The number of ether oxygens (including phenoxy) is 3. The summed E-state index contributed by atoms with van der Waals surface area (Å²) in [5.74, 6) is -0.972. The Morgan fingerprint density at radius 2 is 1.87 bits per heavy atom. The molecular weight excluding hydrogens is 192 g/mol. The second kappa shape index (κ2) is 4.31. The lowest BCUT2D eigenvalue weighted by molar-refractivity contribution is -0.384. The van der Waals surface area contributed by atoms with Gasteiger partial charge in [0.2, 0.25) is 0 Å². The van der Waals surface area contributed by atoms with Crippen molar-refractivity contribution in [3.05, 3.63) is 35.4 Å². The van der Waals surface area contributed by atoms with Crippen LogP contribution in [0.25, 0.3) is 0 Å². The van der Waals surface area contributed by atoms with Gasteiger partial charge in [-0.2, -0.15) is 0 Å². The van der Waals surface area contributed by atoms with E-state index in [0.29, 0.717) is 19.8 Å². The Morgan fingerprint density at radius 1 is 1.20 bits per heavy atom. The second-order valence-electron chi connectivity index (χ2n) is 3.37. The largest absolute Gasteiger partial charge is 0.324 e. The van der Waals surface area contributed by atoms with Crippen molar-refractivity contribution in [2.45, 2.75) is 26.4 Å². The number of rotatable bonds is 4. The highest BCUT2D eigenvalue weighted by Crippen LogP contribution is 2.38. The lowest BCUT2D eigenvalue weighted by Crippen LogP contribution is -2.32. The van der Waals surface area contributed by atoms with Gasteiger partial charge in [0.1, 0.15) is 0 Å². The van der Waals surface area contributed by atoms with Gasteiger partial charge in [-0.05, 0) is 19.4 Å². The minimum Gasteiger partial charge on any atom is -0.324 e. The summed E-state index contributed by atoms with van der Waals surface area (Å²) in [6.45, 7) is 5.55. The van der Waals surface area contributed by atoms with E-state index in [-0.39, 0.29) is 0 Å². The van der Waals surface area contributed by atoms with Crippen molar-refractivity contribution in [1.82, 2.24) is 0 Å². The first kappa shape index (κ1) is 10.6. The summed E-state index contributed by atoms with van der Waals surface area (Å²) in [6, 6.07) is 8.00. The summed E-state index contributed by atoms with van der Waals surface area (Å²) in [4.78, 5) is 0. The van der Waals surface area contributed by atoms with Crippen LogP contribution in [0.2, 0.25) is 0 Å². The molecule has 0 atom stereocenters. The molecule has 0 N–H and O–H groups in total. The summed E-state index contributed by atoms with van der Waals surface area (Å²) in [6.07, 6.45) is 0. The van der Waals surface area contributed by atoms with Crippen molar-refractivity contribution in [3.63, 3.8) is 0 Å². The highest BCUT2D eigenvalue weighted by atomic mass is 16.9. The van der Waals surface area contributed by atoms with Gasteiger partial charge in [-0.1, -0.05) is 24.3 Å². The fourth-order valence-electron chi connectivity index (χ4n) is 1.86. The van der Waals surface area contributed by atoms with Crippen molar-refractivity contribution >= 4 is 0 Å². The van der Waals surface area contributed by atoms with Gasteiger partial charge >= 0.3 is 5.97 Å². The van der Waals surface area contributed by atoms with E-state index in [0.717, 1.165) is 11.1 Å². The van der Waals surface area contributed by atoms with Gasteiger partial charge in [-0.25, -0.2) is 0 Å². The Labute approximate surface area is 90.0 Å². The Hall–Kier alpha value is -0.900. The highest BCUT2D eigenvalue weighted by Gasteiger charge is 2.42. The Bertz CT molecular complexity index is 324. The van der Waals surface area contributed by atoms with E-state index in [1.807, 2.05) is 38.1 Å². The van der Waals surface area contributed by atoms with Crippen molar-refractivity contribution in [2.75, 3.05) is 13.2 Å². The van der Waals surface area contributed by atoms with Crippen LogP contribution in [0.5, 0.6) is 0 Å². The summed E-state index contributed by atoms with van der Waals surface area (Å²) in [7, 11) is 0. The Kier molecular flexibility index (Phi) is 3.05. The first-order chi connectivity index (χ1) is 7.32. The molecule has 82 valence electrons. The molecular formula is C12H16O3. The smallest absolute Gasteiger partial charge is 0.312 e. The van der Waals surface area contributed by atoms with Gasteiger partial charge in [-0.15, -0.1) is 0 Å². The third kappa shape index (κ3) is 1.78. The molecule has 2 rings (SSSR count). The van der Waals surface area contributed by atoms with E-state index in [1.165, 1.54) is 0 Å². The Morgan fingerprint density at radius 3 is 2.53 bits per heavy atom. The van der Waals surface area contributed by atoms with Crippen LogP contribution in [0, 0.1) is 0 Å². The van der Waals surface area contributed by atoms with Gasteiger partial charge in [0.05, 0.1) is 6.61 Å². The van der Waals surface area contributed by atoms with Gasteiger partial charge < -0.3 is 14.2 Å². The van der Waals surface area contributed by atoms with Crippen LogP contribution >= 0.6 is 0 Å².